The highest BCUT2D eigenvalue weighted by Gasteiger charge is 2.34. The molecule has 3 amide bonds. The molecule has 43 heavy (non-hydrogen) atoms. The molecule has 0 aliphatic carbocycles. The molecule has 0 atom stereocenters. The van der Waals surface area contributed by atoms with E-state index < -0.39 is 0 Å². The molecule has 0 bridgehead atoms. The van der Waals surface area contributed by atoms with E-state index in [1.807, 2.05) is 104 Å². The second kappa shape index (κ2) is 11.0. The maximum absolute atomic E-state index is 14.0. The Morgan fingerprint density at radius 3 is 2.19 bits per heavy atom. The maximum Gasteiger partial charge on any atom is 0.261 e. The number of hydrogen-bond acceptors (Lipinski definition) is 4. The molecule has 6 nitrogen and oxygen atoms in total. The number of carbonyl (C=O) groups excluding carboxylic acids is 3. The highest BCUT2D eigenvalue weighted by Crippen LogP contribution is 2.37. The van der Waals surface area contributed by atoms with E-state index in [-0.39, 0.29) is 30.8 Å². The average Bonchev–Trinajstić information content (AvgIpc) is 3.05. The lowest BCUT2D eigenvalue weighted by molar-refractivity contribution is 0.0611. The Morgan fingerprint density at radius 1 is 0.721 bits per heavy atom. The van der Waals surface area contributed by atoms with Gasteiger partial charge in [-0.3, -0.25) is 19.3 Å². The molecule has 0 unspecified atom stereocenters. The van der Waals surface area contributed by atoms with Crippen LogP contribution in [0.2, 0.25) is 0 Å². The lowest BCUT2D eigenvalue weighted by atomic mass is 9.92. The number of fused-ring (bicyclic) bond motifs is 1. The molecule has 0 saturated carbocycles. The molecule has 6 heteroatoms. The summed E-state index contributed by atoms with van der Waals surface area (Å²) < 4.78 is 0. The fourth-order valence-corrected chi connectivity index (χ4v) is 6.57. The van der Waals surface area contributed by atoms with Crippen LogP contribution in [0.1, 0.15) is 55.9 Å². The van der Waals surface area contributed by atoms with Gasteiger partial charge >= 0.3 is 0 Å². The molecular formula is C37H33N3O3. The van der Waals surface area contributed by atoms with E-state index in [1.54, 1.807) is 4.90 Å². The predicted molar refractivity (Wildman–Crippen MR) is 172 cm³/mol. The van der Waals surface area contributed by atoms with E-state index >= 15 is 0 Å². The van der Waals surface area contributed by atoms with Crippen molar-refractivity contribution < 1.29 is 14.4 Å². The van der Waals surface area contributed by atoms with Gasteiger partial charge < -0.3 is 9.80 Å². The summed E-state index contributed by atoms with van der Waals surface area (Å²) in [5, 5.41) is 3.63. The standard InChI is InChI=1S/C37H33N3O3/c1-25-15-17-27(18-16-25)35(41)39(33-14-7-10-26-9-3-4-11-28(26)33)23-24-40-36(42)30-13-8-12-29-32(38-21-5-2-6-22-38)20-19-31(34(29)30)37(40)43/h3-4,7-20H,2,5-6,21-24H2,1H3. The van der Waals surface area contributed by atoms with Crippen LogP contribution in [0.4, 0.5) is 11.4 Å². The predicted octanol–water partition coefficient (Wildman–Crippen LogP) is 7.23. The van der Waals surface area contributed by atoms with Crippen LogP contribution in [-0.2, 0) is 0 Å². The Labute approximate surface area is 251 Å². The Balaban J connectivity index is 1.24. The van der Waals surface area contributed by atoms with Gasteiger partial charge in [-0.05, 0) is 68.0 Å². The highest BCUT2D eigenvalue weighted by molar-refractivity contribution is 6.27. The summed E-state index contributed by atoms with van der Waals surface area (Å²) in [6, 6.07) is 30.9. The summed E-state index contributed by atoms with van der Waals surface area (Å²) in [7, 11) is 0. The minimum atomic E-state index is -0.320. The molecule has 0 N–H and O–H groups in total. The first kappa shape index (κ1) is 26.9. The summed E-state index contributed by atoms with van der Waals surface area (Å²) in [5.41, 5.74) is 4.51. The Kier molecular flexibility index (Phi) is 6.90. The highest BCUT2D eigenvalue weighted by atomic mass is 16.2. The summed E-state index contributed by atoms with van der Waals surface area (Å²) in [6.45, 7) is 4.17. The second-order valence-corrected chi connectivity index (χ2v) is 11.5. The molecule has 214 valence electrons. The molecule has 2 aliphatic rings. The van der Waals surface area contributed by atoms with Crippen molar-refractivity contribution in [3.8, 4) is 0 Å². The topological polar surface area (TPSA) is 60.9 Å². The first-order valence-electron chi connectivity index (χ1n) is 15.0. The smallest absolute Gasteiger partial charge is 0.261 e. The fraction of sp³-hybridized carbons (Fsp3) is 0.216. The van der Waals surface area contributed by atoms with E-state index in [9.17, 15) is 14.4 Å². The van der Waals surface area contributed by atoms with Crippen molar-refractivity contribution in [1.29, 1.82) is 0 Å². The van der Waals surface area contributed by atoms with Crippen LogP contribution < -0.4 is 9.80 Å². The van der Waals surface area contributed by atoms with Crippen LogP contribution in [0.15, 0.2) is 97.1 Å². The van der Waals surface area contributed by atoms with Gasteiger partial charge in [-0.25, -0.2) is 0 Å². The molecule has 0 aromatic heterocycles. The van der Waals surface area contributed by atoms with E-state index in [0.717, 1.165) is 64.4 Å². The van der Waals surface area contributed by atoms with Crippen LogP contribution in [0.5, 0.6) is 0 Å². The van der Waals surface area contributed by atoms with Gasteiger partial charge in [-0.15, -0.1) is 0 Å². The number of aryl methyl sites for hydroxylation is 1. The van der Waals surface area contributed by atoms with Crippen LogP contribution in [0.25, 0.3) is 21.5 Å². The zero-order chi connectivity index (χ0) is 29.5. The van der Waals surface area contributed by atoms with Gasteiger partial charge in [-0.2, -0.15) is 0 Å². The van der Waals surface area contributed by atoms with Crippen LogP contribution in [0, 0.1) is 6.92 Å². The van der Waals surface area contributed by atoms with Crippen molar-refractivity contribution in [1.82, 2.24) is 4.90 Å². The first-order valence-corrected chi connectivity index (χ1v) is 15.0. The molecule has 5 aromatic rings. The van der Waals surface area contributed by atoms with Crippen molar-refractivity contribution >= 4 is 50.6 Å². The Morgan fingerprint density at radius 2 is 1.40 bits per heavy atom. The number of nitrogens with zero attached hydrogens (tertiary/aromatic N) is 3. The quantitative estimate of drug-likeness (QED) is 0.203. The molecule has 2 aliphatic heterocycles. The van der Waals surface area contributed by atoms with Crippen molar-refractivity contribution in [2.75, 3.05) is 36.0 Å². The van der Waals surface area contributed by atoms with Gasteiger partial charge in [0.05, 0.1) is 5.69 Å². The summed E-state index contributed by atoms with van der Waals surface area (Å²) in [4.78, 5) is 47.2. The monoisotopic (exact) mass is 567 g/mol. The van der Waals surface area contributed by atoms with Crippen LogP contribution in [0.3, 0.4) is 0 Å². The minimum Gasteiger partial charge on any atom is -0.371 e. The summed E-state index contributed by atoms with van der Waals surface area (Å²) in [6.07, 6.45) is 3.51. The van der Waals surface area contributed by atoms with Crippen molar-refractivity contribution in [2.45, 2.75) is 26.2 Å². The van der Waals surface area contributed by atoms with Crippen LogP contribution >= 0.6 is 0 Å². The number of hydrogen-bond donors (Lipinski definition) is 0. The lowest BCUT2D eigenvalue weighted by Crippen LogP contribution is -2.46. The zero-order valence-electron chi connectivity index (χ0n) is 24.3. The first-order chi connectivity index (χ1) is 21.0. The second-order valence-electron chi connectivity index (χ2n) is 11.5. The number of carbonyl (C=O) groups is 3. The molecule has 0 spiro atoms. The molecule has 1 fully saturated rings. The maximum atomic E-state index is 14.0. The Hall–Kier alpha value is -4.97. The summed E-state index contributed by atoms with van der Waals surface area (Å²) >= 11 is 0. The number of imide groups is 1. The number of amides is 3. The Bertz CT molecular complexity index is 1860. The third-order valence-electron chi connectivity index (χ3n) is 8.81. The number of piperidine rings is 1. The number of rotatable bonds is 6. The van der Waals surface area contributed by atoms with Gasteiger partial charge in [0.15, 0.2) is 0 Å². The van der Waals surface area contributed by atoms with E-state index in [0.29, 0.717) is 16.7 Å². The van der Waals surface area contributed by atoms with Crippen LogP contribution in [-0.4, -0.2) is 48.8 Å². The third kappa shape index (κ3) is 4.73. The molecule has 1 saturated heterocycles. The third-order valence-corrected chi connectivity index (χ3v) is 8.81. The summed E-state index contributed by atoms with van der Waals surface area (Å²) in [5.74, 6) is -0.818. The van der Waals surface area contributed by atoms with Gasteiger partial charge in [0.2, 0.25) is 0 Å². The van der Waals surface area contributed by atoms with Gasteiger partial charge in [0.25, 0.3) is 17.7 Å². The molecular weight excluding hydrogens is 534 g/mol. The van der Waals surface area contributed by atoms with Gasteiger partial charge in [0.1, 0.15) is 0 Å². The largest absolute Gasteiger partial charge is 0.371 e. The van der Waals surface area contributed by atoms with E-state index in [2.05, 4.69) is 4.90 Å². The normalized spacial score (nSPS) is 14.9. The molecule has 5 aromatic carbocycles. The van der Waals surface area contributed by atoms with Gasteiger partial charge in [0, 0.05) is 64.7 Å². The minimum absolute atomic E-state index is 0.0716. The molecule has 0 radical (unpaired) electrons. The number of benzene rings is 5. The van der Waals surface area contributed by atoms with Crippen molar-refractivity contribution in [3.05, 3.63) is 119 Å². The zero-order valence-corrected chi connectivity index (χ0v) is 24.3. The SMILES string of the molecule is Cc1ccc(C(=O)N(CCN2C(=O)c3cccc4c(N5CCCCC5)ccc(c34)C2=O)c2cccc3ccccc23)cc1. The lowest BCUT2D eigenvalue weighted by Gasteiger charge is -2.33. The molecule has 7 rings (SSSR count). The number of anilines is 2. The van der Waals surface area contributed by atoms with E-state index in [1.165, 1.54) is 11.3 Å². The van der Waals surface area contributed by atoms with Crippen molar-refractivity contribution in [2.24, 2.45) is 0 Å². The fourth-order valence-electron chi connectivity index (χ4n) is 6.57. The van der Waals surface area contributed by atoms with Gasteiger partial charge in [-0.1, -0.05) is 66.2 Å². The average molecular weight is 568 g/mol. The van der Waals surface area contributed by atoms with Crippen molar-refractivity contribution in [3.63, 3.8) is 0 Å². The molecule has 2 heterocycles. The van der Waals surface area contributed by atoms with E-state index in [4.69, 9.17) is 0 Å².